The lowest BCUT2D eigenvalue weighted by Crippen LogP contribution is -2.39. The van der Waals surface area contributed by atoms with E-state index in [1.54, 1.807) is 49.8 Å². The number of sulfone groups is 1. The van der Waals surface area contributed by atoms with Crippen LogP contribution in [0.4, 0.5) is 0 Å². The Kier molecular flexibility index (Phi) is 11.1. The van der Waals surface area contributed by atoms with E-state index in [0.717, 1.165) is 10.7 Å². The molecule has 0 saturated heterocycles. The molecule has 1 heterocycles. The number of aromatic nitrogens is 1. The van der Waals surface area contributed by atoms with Gasteiger partial charge >= 0.3 is 0 Å². The van der Waals surface area contributed by atoms with Crippen LogP contribution in [-0.4, -0.2) is 57.8 Å². The lowest BCUT2D eigenvalue weighted by Gasteiger charge is -2.21. The van der Waals surface area contributed by atoms with E-state index in [1.165, 1.54) is 0 Å². The highest BCUT2D eigenvalue weighted by molar-refractivity contribution is 14.0. The smallest absolute Gasteiger partial charge is 0.193 e. The van der Waals surface area contributed by atoms with Crippen LogP contribution < -0.4 is 5.32 Å². The van der Waals surface area contributed by atoms with Crippen molar-refractivity contribution in [1.82, 2.24) is 15.2 Å². The number of rotatable bonds is 9. The number of halogens is 1. The summed E-state index contributed by atoms with van der Waals surface area (Å²) in [5.41, 5.74) is 0.945. The fourth-order valence-corrected chi connectivity index (χ4v) is 4.77. The molecular formula is C19H29IN4O3S2. The monoisotopic (exact) mass is 552 g/mol. The summed E-state index contributed by atoms with van der Waals surface area (Å²) in [6, 6.07) is 8.53. The van der Waals surface area contributed by atoms with Gasteiger partial charge in [0.2, 0.25) is 0 Å². The van der Waals surface area contributed by atoms with Gasteiger partial charge < -0.3 is 15.0 Å². The number of aliphatic imine (C=N–C) groups is 1. The third kappa shape index (κ3) is 7.83. The van der Waals surface area contributed by atoms with E-state index in [1.807, 2.05) is 30.3 Å². The summed E-state index contributed by atoms with van der Waals surface area (Å²) in [5, 5.41) is 6.18. The molecule has 0 aliphatic carbocycles. The van der Waals surface area contributed by atoms with Crippen LogP contribution in [0.15, 0.2) is 45.6 Å². The number of methoxy groups -OCH3 is 1. The van der Waals surface area contributed by atoms with Crippen LogP contribution in [0.25, 0.3) is 0 Å². The summed E-state index contributed by atoms with van der Waals surface area (Å²) in [7, 11) is 2.05. The van der Waals surface area contributed by atoms with Gasteiger partial charge in [-0.2, -0.15) is 0 Å². The highest BCUT2D eigenvalue weighted by atomic mass is 127. The summed E-state index contributed by atoms with van der Waals surface area (Å²) < 4.78 is 29.9. The Morgan fingerprint density at radius 3 is 2.66 bits per heavy atom. The molecule has 0 amide bonds. The molecule has 7 nitrogen and oxygen atoms in total. The number of ether oxygens (including phenoxy) is 1. The van der Waals surface area contributed by atoms with Crippen LogP contribution in [0, 0.1) is 0 Å². The molecule has 10 heteroatoms. The van der Waals surface area contributed by atoms with E-state index in [0.29, 0.717) is 30.4 Å². The Morgan fingerprint density at radius 1 is 1.34 bits per heavy atom. The standard InChI is InChI=1S/C19H28N4O3S2.HI/c1-15(26-4)18-22-16(14-27-18)13-23(3)19(20-2)21-11-8-12-28(24,25)17-9-6-5-7-10-17;/h5-7,9-10,14-15H,8,11-13H2,1-4H3,(H,20,21);1H. The van der Waals surface area contributed by atoms with E-state index in [2.05, 4.69) is 15.3 Å². The molecule has 0 aliphatic heterocycles. The number of nitrogens with zero attached hydrogens (tertiary/aromatic N) is 3. The fourth-order valence-electron chi connectivity index (χ4n) is 2.59. The van der Waals surface area contributed by atoms with Crippen LogP contribution in [0.1, 0.15) is 30.2 Å². The van der Waals surface area contributed by atoms with Crippen LogP contribution in [0.5, 0.6) is 0 Å². The van der Waals surface area contributed by atoms with Crippen molar-refractivity contribution in [3.63, 3.8) is 0 Å². The molecule has 162 valence electrons. The fraction of sp³-hybridized carbons (Fsp3) is 0.474. The number of benzene rings is 1. The topological polar surface area (TPSA) is 83.9 Å². The molecule has 0 bridgehead atoms. The minimum absolute atomic E-state index is 0. The van der Waals surface area contributed by atoms with Crippen LogP contribution in [-0.2, 0) is 21.1 Å². The average Bonchev–Trinajstić information content (AvgIpc) is 3.16. The third-order valence-electron chi connectivity index (χ3n) is 4.22. The first-order valence-electron chi connectivity index (χ1n) is 9.04. The zero-order chi connectivity index (χ0) is 20.6. The second-order valence-electron chi connectivity index (χ2n) is 6.37. The first-order chi connectivity index (χ1) is 13.4. The summed E-state index contributed by atoms with van der Waals surface area (Å²) in [6.07, 6.45) is 0.476. The van der Waals surface area contributed by atoms with E-state index in [4.69, 9.17) is 4.74 Å². The molecule has 0 aliphatic rings. The van der Waals surface area contributed by atoms with Gasteiger partial charge in [-0.05, 0) is 25.5 Å². The van der Waals surface area contributed by atoms with Crippen molar-refractivity contribution in [2.75, 3.05) is 33.5 Å². The lowest BCUT2D eigenvalue weighted by atomic mass is 10.4. The molecule has 1 unspecified atom stereocenters. The number of thiazole rings is 1. The van der Waals surface area contributed by atoms with E-state index < -0.39 is 9.84 Å². The Hall–Kier alpha value is -1.24. The van der Waals surface area contributed by atoms with E-state index >= 15 is 0 Å². The average molecular weight is 553 g/mol. The van der Waals surface area contributed by atoms with Gasteiger partial charge in [0.25, 0.3) is 0 Å². The van der Waals surface area contributed by atoms with Gasteiger partial charge in [-0.1, -0.05) is 18.2 Å². The highest BCUT2D eigenvalue weighted by Crippen LogP contribution is 2.20. The van der Waals surface area contributed by atoms with Crippen molar-refractivity contribution in [1.29, 1.82) is 0 Å². The zero-order valence-corrected chi connectivity index (χ0v) is 21.1. The summed E-state index contributed by atoms with van der Waals surface area (Å²) in [6.45, 7) is 3.09. The van der Waals surface area contributed by atoms with E-state index in [9.17, 15) is 8.42 Å². The lowest BCUT2D eigenvalue weighted by molar-refractivity contribution is 0.119. The second-order valence-corrected chi connectivity index (χ2v) is 9.37. The summed E-state index contributed by atoms with van der Waals surface area (Å²) in [4.78, 5) is 11.2. The molecule has 0 fully saturated rings. The van der Waals surface area contributed by atoms with Gasteiger partial charge in [0.15, 0.2) is 15.8 Å². The Balaban J connectivity index is 0.00000420. The maximum Gasteiger partial charge on any atom is 0.193 e. The second kappa shape index (κ2) is 12.5. The first-order valence-corrected chi connectivity index (χ1v) is 11.6. The van der Waals surface area contributed by atoms with Gasteiger partial charge in [0, 0.05) is 33.1 Å². The Bertz CT molecular complexity index is 873. The Labute approximate surface area is 194 Å². The van der Waals surface area contributed by atoms with Crippen LogP contribution in [0.2, 0.25) is 0 Å². The molecule has 1 N–H and O–H groups in total. The molecule has 2 rings (SSSR count). The van der Waals surface area contributed by atoms with Crippen LogP contribution in [0.3, 0.4) is 0 Å². The van der Waals surface area contributed by atoms with Gasteiger partial charge in [-0.15, -0.1) is 35.3 Å². The predicted molar refractivity (Wildman–Crippen MR) is 129 cm³/mol. The van der Waals surface area contributed by atoms with Crippen molar-refractivity contribution >= 4 is 51.1 Å². The van der Waals surface area contributed by atoms with Gasteiger partial charge in [-0.3, -0.25) is 4.99 Å². The normalized spacial score (nSPS) is 12.9. The number of guanidine groups is 1. The zero-order valence-electron chi connectivity index (χ0n) is 17.2. The van der Waals surface area contributed by atoms with Gasteiger partial charge in [0.05, 0.1) is 22.9 Å². The van der Waals surface area contributed by atoms with Gasteiger partial charge in [-0.25, -0.2) is 13.4 Å². The highest BCUT2D eigenvalue weighted by Gasteiger charge is 2.15. The molecular weight excluding hydrogens is 523 g/mol. The largest absolute Gasteiger partial charge is 0.375 e. The van der Waals surface area contributed by atoms with Crippen molar-refractivity contribution in [3.05, 3.63) is 46.4 Å². The molecule has 0 radical (unpaired) electrons. The predicted octanol–water partition coefficient (Wildman–Crippen LogP) is 3.34. The van der Waals surface area contributed by atoms with Crippen molar-refractivity contribution < 1.29 is 13.2 Å². The molecule has 0 saturated carbocycles. The molecule has 2 aromatic rings. The quantitative estimate of drug-likeness (QED) is 0.223. The minimum Gasteiger partial charge on any atom is -0.375 e. The maximum atomic E-state index is 12.3. The maximum absolute atomic E-state index is 12.3. The first kappa shape index (κ1) is 25.8. The minimum atomic E-state index is -3.26. The third-order valence-corrected chi connectivity index (χ3v) is 7.09. The van der Waals surface area contributed by atoms with Gasteiger partial charge in [0.1, 0.15) is 11.1 Å². The van der Waals surface area contributed by atoms with E-state index in [-0.39, 0.29) is 35.8 Å². The van der Waals surface area contributed by atoms with Crippen molar-refractivity contribution in [2.45, 2.75) is 30.9 Å². The molecule has 29 heavy (non-hydrogen) atoms. The number of hydrogen-bond donors (Lipinski definition) is 1. The molecule has 1 aromatic heterocycles. The summed E-state index contributed by atoms with van der Waals surface area (Å²) >= 11 is 1.58. The van der Waals surface area contributed by atoms with Crippen molar-refractivity contribution in [3.8, 4) is 0 Å². The van der Waals surface area contributed by atoms with Crippen molar-refractivity contribution in [2.24, 2.45) is 4.99 Å². The summed E-state index contributed by atoms with van der Waals surface area (Å²) in [5.74, 6) is 0.793. The number of nitrogens with one attached hydrogen (secondary N) is 1. The Morgan fingerprint density at radius 2 is 2.03 bits per heavy atom. The SMILES string of the molecule is CN=C(NCCCS(=O)(=O)c1ccccc1)N(C)Cc1csc(C(C)OC)n1.I. The number of hydrogen-bond acceptors (Lipinski definition) is 6. The molecule has 1 aromatic carbocycles. The molecule has 0 spiro atoms. The molecule has 1 atom stereocenters. The van der Waals surface area contributed by atoms with Crippen LogP contribution >= 0.6 is 35.3 Å².